The average Bonchev–Trinajstić information content (AvgIpc) is 3.23. The summed E-state index contributed by atoms with van der Waals surface area (Å²) in [6, 6.07) is 17.1. The maximum atomic E-state index is 13.0. The van der Waals surface area contributed by atoms with Gasteiger partial charge >= 0.3 is 0 Å². The van der Waals surface area contributed by atoms with Crippen LogP contribution in [-0.4, -0.2) is 31.0 Å². The Morgan fingerprint density at radius 3 is 2.56 bits per heavy atom. The van der Waals surface area contributed by atoms with E-state index in [9.17, 15) is 13.6 Å². The maximum Gasteiger partial charge on any atom is 0.291 e. The van der Waals surface area contributed by atoms with E-state index in [-0.39, 0.29) is 17.6 Å². The highest BCUT2D eigenvalue weighted by Gasteiger charge is 2.18. The first-order valence-electron chi connectivity index (χ1n) is 10.2. The van der Waals surface area contributed by atoms with Gasteiger partial charge in [0.2, 0.25) is 5.91 Å². The van der Waals surface area contributed by atoms with Gasteiger partial charge in [0.25, 0.3) is 5.76 Å². The molecular weight excluding hydrogens is 432 g/mol. The summed E-state index contributed by atoms with van der Waals surface area (Å²) >= 11 is 0.342. The average molecular weight is 456 g/mol. The number of amides is 1. The fourth-order valence-corrected chi connectivity index (χ4v) is 4.26. The van der Waals surface area contributed by atoms with E-state index >= 15 is 0 Å². The summed E-state index contributed by atoms with van der Waals surface area (Å²) in [5.74, 6) is -2.90. The number of rotatable bonds is 8. The van der Waals surface area contributed by atoms with E-state index < -0.39 is 5.76 Å². The number of halogens is 2. The molecule has 1 amide bonds. The zero-order valence-corrected chi connectivity index (χ0v) is 18.6. The molecule has 32 heavy (non-hydrogen) atoms. The number of nitrogens with zero attached hydrogens (tertiary/aromatic N) is 4. The zero-order valence-electron chi connectivity index (χ0n) is 17.8. The molecule has 9 heteroatoms. The van der Waals surface area contributed by atoms with Gasteiger partial charge in [-0.3, -0.25) is 9.48 Å². The molecule has 0 aliphatic heterocycles. The number of aryl methyl sites for hydroxylation is 1. The minimum absolute atomic E-state index is 0.0915. The molecule has 0 atom stereocenters. The molecule has 0 fully saturated rings. The number of alkyl halides is 2. The molecule has 2 aromatic carbocycles. The number of hydrogen-bond acceptors (Lipinski definition) is 4. The van der Waals surface area contributed by atoms with E-state index in [0.717, 1.165) is 22.5 Å². The Morgan fingerprint density at radius 2 is 1.81 bits per heavy atom. The summed E-state index contributed by atoms with van der Waals surface area (Å²) in [5, 5.41) is 7.64. The number of nitrogens with one attached hydrogen (secondary N) is 1. The quantitative estimate of drug-likeness (QED) is 0.397. The lowest BCUT2D eigenvalue weighted by molar-refractivity contribution is -0.121. The Bertz CT molecular complexity index is 1240. The van der Waals surface area contributed by atoms with Crippen molar-refractivity contribution in [1.82, 2.24) is 24.6 Å². The molecule has 0 aliphatic carbocycles. The SMILES string of the molecule is Cc1nn(Cc2ccccc2)c(C)c1CNC(=O)Cn1c(SC(F)F)nc2ccccc21. The van der Waals surface area contributed by atoms with Crippen molar-refractivity contribution in [2.75, 3.05) is 0 Å². The number of benzene rings is 2. The van der Waals surface area contributed by atoms with Crippen LogP contribution in [0, 0.1) is 13.8 Å². The molecule has 6 nitrogen and oxygen atoms in total. The highest BCUT2D eigenvalue weighted by atomic mass is 32.2. The molecular formula is C23H23F2N5OS. The van der Waals surface area contributed by atoms with Crippen LogP contribution in [0.2, 0.25) is 0 Å². The summed E-state index contributed by atoms with van der Waals surface area (Å²) < 4.78 is 29.4. The van der Waals surface area contributed by atoms with Crippen LogP contribution >= 0.6 is 11.8 Å². The Balaban J connectivity index is 1.47. The van der Waals surface area contributed by atoms with Gasteiger partial charge in [0.05, 0.1) is 23.3 Å². The van der Waals surface area contributed by atoms with E-state index in [1.165, 1.54) is 4.57 Å². The lowest BCUT2D eigenvalue weighted by atomic mass is 10.2. The van der Waals surface area contributed by atoms with Crippen molar-refractivity contribution in [2.24, 2.45) is 0 Å². The van der Waals surface area contributed by atoms with Crippen molar-refractivity contribution in [2.45, 2.75) is 44.4 Å². The summed E-state index contributed by atoms with van der Waals surface area (Å²) in [7, 11) is 0. The van der Waals surface area contributed by atoms with E-state index in [0.29, 0.717) is 35.9 Å². The van der Waals surface area contributed by atoms with Crippen LogP contribution in [0.5, 0.6) is 0 Å². The summed E-state index contributed by atoms with van der Waals surface area (Å²) in [6.45, 7) is 4.76. The molecule has 2 aromatic heterocycles. The van der Waals surface area contributed by atoms with Gasteiger partial charge in [-0.25, -0.2) is 4.98 Å². The largest absolute Gasteiger partial charge is 0.350 e. The van der Waals surface area contributed by atoms with Gasteiger partial charge in [-0.2, -0.15) is 13.9 Å². The Kier molecular flexibility index (Phi) is 6.55. The van der Waals surface area contributed by atoms with Crippen LogP contribution in [0.3, 0.4) is 0 Å². The van der Waals surface area contributed by atoms with Crippen molar-refractivity contribution >= 4 is 28.7 Å². The zero-order chi connectivity index (χ0) is 22.7. The number of imidazole rings is 1. The van der Waals surface area contributed by atoms with Gasteiger partial charge in [0.15, 0.2) is 5.16 Å². The van der Waals surface area contributed by atoms with Gasteiger partial charge in [-0.15, -0.1) is 0 Å². The fourth-order valence-electron chi connectivity index (χ4n) is 3.66. The van der Waals surface area contributed by atoms with Crippen LogP contribution in [0.15, 0.2) is 59.8 Å². The molecule has 2 heterocycles. The van der Waals surface area contributed by atoms with Gasteiger partial charge in [0, 0.05) is 17.8 Å². The van der Waals surface area contributed by atoms with Crippen LogP contribution in [0.1, 0.15) is 22.5 Å². The van der Waals surface area contributed by atoms with Gasteiger partial charge in [-0.1, -0.05) is 42.5 Å². The minimum Gasteiger partial charge on any atom is -0.350 e. The minimum atomic E-state index is -2.62. The molecule has 0 radical (unpaired) electrons. The normalized spacial score (nSPS) is 11.4. The first-order chi connectivity index (χ1) is 15.4. The van der Waals surface area contributed by atoms with Crippen LogP contribution in [-0.2, 0) is 24.4 Å². The van der Waals surface area contributed by atoms with Crippen LogP contribution < -0.4 is 5.32 Å². The molecule has 1 N–H and O–H groups in total. The highest BCUT2D eigenvalue weighted by Crippen LogP contribution is 2.28. The molecule has 0 unspecified atom stereocenters. The molecule has 166 valence electrons. The first kappa shape index (κ1) is 22.0. The van der Waals surface area contributed by atoms with Crippen molar-refractivity contribution < 1.29 is 13.6 Å². The number of carbonyl (C=O) groups is 1. The number of hydrogen-bond donors (Lipinski definition) is 1. The molecule has 0 aliphatic rings. The van der Waals surface area contributed by atoms with Crippen LogP contribution in [0.4, 0.5) is 8.78 Å². The van der Waals surface area contributed by atoms with Crippen molar-refractivity contribution in [1.29, 1.82) is 0 Å². The third kappa shape index (κ3) is 4.83. The molecule has 0 saturated carbocycles. The number of fused-ring (bicyclic) bond motifs is 1. The second kappa shape index (κ2) is 9.52. The van der Waals surface area contributed by atoms with E-state index in [1.54, 1.807) is 24.3 Å². The summed E-state index contributed by atoms with van der Waals surface area (Å²) in [6.07, 6.45) is 0. The van der Waals surface area contributed by atoms with Gasteiger partial charge in [-0.05, 0) is 43.3 Å². The Labute approximate surface area is 188 Å². The Morgan fingerprint density at radius 1 is 1.09 bits per heavy atom. The summed E-state index contributed by atoms with van der Waals surface area (Å²) in [4.78, 5) is 17.0. The van der Waals surface area contributed by atoms with Crippen LogP contribution in [0.25, 0.3) is 11.0 Å². The third-order valence-corrected chi connectivity index (χ3v) is 5.99. The third-order valence-electron chi connectivity index (χ3n) is 5.28. The number of carbonyl (C=O) groups excluding carboxylic acids is 1. The van der Waals surface area contributed by atoms with Crippen molar-refractivity contribution in [3.8, 4) is 0 Å². The van der Waals surface area contributed by atoms with Gasteiger partial charge < -0.3 is 9.88 Å². The Hall–Kier alpha value is -3.20. The lowest BCUT2D eigenvalue weighted by Crippen LogP contribution is -2.27. The number of aromatic nitrogens is 4. The second-order valence-electron chi connectivity index (χ2n) is 7.42. The molecule has 0 spiro atoms. The first-order valence-corrected chi connectivity index (χ1v) is 11.0. The summed E-state index contributed by atoms with van der Waals surface area (Å²) in [5.41, 5.74) is 5.15. The molecule has 0 saturated heterocycles. The van der Waals surface area contributed by atoms with E-state index in [1.807, 2.05) is 48.9 Å². The standard InChI is InChI=1S/C23H23F2N5OS/c1-15-18(16(2)30(28-15)13-17-8-4-3-5-9-17)12-26-21(31)14-29-20-11-7-6-10-19(20)27-23(29)32-22(24)25/h3-11,22H,12-14H2,1-2H3,(H,26,31). The molecule has 4 aromatic rings. The van der Waals surface area contributed by atoms with E-state index in [2.05, 4.69) is 15.4 Å². The van der Waals surface area contributed by atoms with E-state index in [4.69, 9.17) is 0 Å². The topological polar surface area (TPSA) is 64.7 Å². The predicted molar refractivity (Wildman–Crippen MR) is 121 cm³/mol. The lowest BCUT2D eigenvalue weighted by Gasteiger charge is -2.10. The molecule has 4 rings (SSSR count). The fraction of sp³-hybridized carbons (Fsp3) is 0.261. The predicted octanol–water partition coefficient (Wildman–Crippen LogP) is 4.53. The maximum absolute atomic E-state index is 13.0. The number of para-hydroxylation sites is 2. The second-order valence-corrected chi connectivity index (χ2v) is 8.37. The van der Waals surface area contributed by atoms with Crippen molar-refractivity contribution in [3.05, 3.63) is 77.1 Å². The highest BCUT2D eigenvalue weighted by molar-refractivity contribution is 7.99. The smallest absolute Gasteiger partial charge is 0.291 e. The monoisotopic (exact) mass is 455 g/mol. The molecule has 0 bridgehead atoms. The number of thioether (sulfide) groups is 1. The van der Waals surface area contributed by atoms with Crippen molar-refractivity contribution in [3.63, 3.8) is 0 Å². The van der Waals surface area contributed by atoms with Gasteiger partial charge in [0.1, 0.15) is 6.54 Å².